The van der Waals surface area contributed by atoms with E-state index in [9.17, 15) is 14.4 Å². The first-order valence-electron chi connectivity index (χ1n) is 7.45. The average Bonchev–Trinajstić information content (AvgIpc) is 3.02. The van der Waals surface area contributed by atoms with Crippen LogP contribution in [-0.2, 0) is 9.59 Å². The van der Waals surface area contributed by atoms with Crippen LogP contribution in [0.5, 0.6) is 0 Å². The molecule has 0 bridgehead atoms. The quantitative estimate of drug-likeness (QED) is 0.775. The summed E-state index contributed by atoms with van der Waals surface area (Å²) in [5.74, 6) is -1.26. The lowest BCUT2D eigenvalue weighted by Gasteiger charge is -2.21. The van der Waals surface area contributed by atoms with Crippen molar-refractivity contribution in [3.05, 3.63) is 35.9 Å². The Labute approximate surface area is 129 Å². The van der Waals surface area contributed by atoms with E-state index in [4.69, 9.17) is 5.11 Å². The fraction of sp³-hybridized carbons (Fsp3) is 0.438. The van der Waals surface area contributed by atoms with Crippen molar-refractivity contribution in [3.8, 4) is 0 Å². The van der Waals surface area contributed by atoms with Gasteiger partial charge in [0.1, 0.15) is 6.04 Å². The molecule has 1 unspecified atom stereocenters. The number of carboxylic acids is 1. The van der Waals surface area contributed by atoms with Crippen molar-refractivity contribution in [2.45, 2.75) is 31.7 Å². The van der Waals surface area contributed by atoms with E-state index in [0.29, 0.717) is 31.5 Å². The minimum atomic E-state index is -0.941. The molecule has 0 saturated carbocycles. The van der Waals surface area contributed by atoms with E-state index < -0.39 is 12.0 Å². The molecule has 0 radical (unpaired) electrons. The predicted octanol–water partition coefficient (Wildman–Crippen LogP) is 1.27. The van der Waals surface area contributed by atoms with E-state index in [-0.39, 0.29) is 18.2 Å². The number of carboxylic acid groups (broad SMARTS) is 1. The predicted molar refractivity (Wildman–Crippen MR) is 80.4 cm³/mol. The Morgan fingerprint density at radius 1 is 1.23 bits per heavy atom. The summed E-state index contributed by atoms with van der Waals surface area (Å²) in [5, 5.41) is 11.8. The zero-order valence-electron chi connectivity index (χ0n) is 12.3. The summed E-state index contributed by atoms with van der Waals surface area (Å²) in [5.41, 5.74) is 0.583. The largest absolute Gasteiger partial charge is 0.480 e. The maximum Gasteiger partial charge on any atom is 0.326 e. The Morgan fingerprint density at radius 2 is 1.95 bits per heavy atom. The van der Waals surface area contributed by atoms with E-state index in [1.807, 2.05) is 6.07 Å². The van der Waals surface area contributed by atoms with Crippen LogP contribution < -0.4 is 5.32 Å². The minimum Gasteiger partial charge on any atom is -0.480 e. The summed E-state index contributed by atoms with van der Waals surface area (Å²) in [7, 11) is 0. The third-order valence-electron chi connectivity index (χ3n) is 3.75. The number of nitrogens with zero attached hydrogens (tertiary/aromatic N) is 1. The highest BCUT2D eigenvalue weighted by Gasteiger charge is 2.33. The monoisotopic (exact) mass is 304 g/mol. The van der Waals surface area contributed by atoms with Crippen molar-refractivity contribution in [1.29, 1.82) is 0 Å². The molecule has 1 fully saturated rings. The zero-order chi connectivity index (χ0) is 15.9. The molecule has 2 amide bonds. The Morgan fingerprint density at radius 3 is 2.64 bits per heavy atom. The molecule has 1 aromatic carbocycles. The zero-order valence-corrected chi connectivity index (χ0v) is 12.3. The summed E-state index contributed by atoms with van der Waals surface area (Å²) in [6, 6.07) is 8.18. The van der Waals surface area contributed by atoms with Gasteiger partial charge >= 0.3 is 5.97 Å². The van der Waals surface area contributed by atoms with Gasteiger partial charge in [-0.2, -0.15) is 0 Å². The van der Waals surface area contributed by atoms with Gasteiger partial charge in [-0.3, -0.25) is 9.59 Å². The number of nitrogens with one attached hydrogen (secondary N) is 1. The van der Waals surface area contributed by atoms with Gasteiger partial charge in [-0.25, -0.2) is 4.79 Å². The smallest absolute Gasteiger partial charge is 0.326 e. The molecular weight excluding hydrogens is 284 g/mol. The van der Waals surface area contributed by atoms with Crippen molar-refractivity contribution < 1.29 is 19.5 Å². The Hall–Kier alpha value is -2.37. The molecule has 0 aliphatic carbocycles. The molecule has 1 aliphatic heterocycles. The van der Waals surface area contributed by atoms with E-state index >= 15 is 0 Å². The molecule has 1 aromatic rings. The molecule has 118 valence electrons. The number of hydrogen-bond acceptors (Lipinski definition) is 3. The number of carbonyl (C=O) groups excluding carboxylic acids is 2. The Kier molecular flexibility index (Phi) is 5.52. The molecule has 6 heteroatoms. The SMILES string of the molecule is O=C(NCCCC(=O)N1CCCC1C(=O)O)c1ccccc1. The van der Waals surface area contributed by atoms with Crippen LogP contribution >= 0.6 is 0 Å². The number of carbonyl (C=O) groups is 3. The molecular formula is C16H20N2O4. The molecule has 2 rings (SSSR count). The summed E-state index contributed by atoms with van der Waals surface area (Å²) in [6.07, 6.45) is 2.00. The highest BCUT2D eigenvalue weighted by Crippen LogP contribution is 2.18. The van der Waals surface area contributed by atoms with Gasteiger partial charge in [-0.1, -0.05) is 18.2 Å². The van der Waals surface area contributed by atoms with Crippen LogP contribution in [0.4, 0.5) is 0 Å². The van der Waals surface area contributed by atoms with Crippen LogP contribution in [0, 0.1) is 0 Å². The van der Waals surface area contributed by atoms with E-state index in [2.05, 4.69) is 5.32 Å². The highest BCUT2D eigenvalue weighted by molar-refractivity contribution is 5.94. The molecule has 2 N–H and O–H groups in total. The van der Waals surface area contributed by atoms with Crippen LogP contribution in [0.25, 0.3) is 0 Å². The second-order valence-corrected chi connectivity index (χ2v) is 5.31. The molecule has 0 aromatic heterocycles. The number of rotatable bonds is 6. The summed E-state index contributed by atoms with van der Waals surface area (Å²) in [6.45, 7) is 0.900. The molecule has 1 aliphatic rings. The van der Waals surface area contributed by atoms with Crippen molar-refractivity contribution in [3.63, 3.8) is 0 Å². The van der Waals surface area contributed by atoms with E-state index in [1.54, 1.807) is 24.3 Å². The van der Waals surface area contributed by atoms with Crippen molar-refractivity contribution in [1.82, 2.24) is 10.2 Å². The molecule has 1 heterocycles. The standard InChI is InChI=1S/C16H20N2O4/c19-14(18-11-5-8-13(18)16(21)22)9-4-10-17-15(20)12-6-2-1-3-7-12/h1-3,6-7,13H,4-5,8-11H2,(H,17,20)(H,21,22). The highest BCUT2D eigenvalue weighted by atomic mass is 16.4. The lowest BCUT2D eigenvalue weighted by atomic mass is 10.2. The first kappa shape index (κ1) is 16.0. The average molecular weight is 304 g/mol. The molecule has 0 spiro atoms. The van der Waals surface area contributed by atoms with Gasteiger partial charge in [0.25, 0.3) is 5.91 Å². The maximum absolute atomic E-state index is 12.0. The molecule has 6 nitrogen and oxygen atoms in total. The lowest BCUT2D eigenvalue weighted by molar-refractivity contribution is -0.148. The van der Waals surface area contributed by atoms with Gasteiger partial charge in [0.15, 0.2) is 0 Å². The van der Waals surface area contributed by atoms with Crippen LogP contribution in [0.1, 0.15) is 36.0 Å². The Balaban J connectivity index is 1.71. The van der Waals surface area contributed by atoms with E-state index in [0.717, 1.165) is 6.42 Å². The summed E-state index contributed by atoms with van der Waals surface area (Å²) < 4.78 is 0. The lowest BCUT2D eigenvalue weighted by Crippen LogP contribution is -2.40. The van der Waals surface area contributed by atoms with Crippen LogP contribution in [0.3, 0.4) is 0 Å². The number of likely N-dealkylation sites (tertiary alicyclic amines) is 1. The second-order valence-electron chi connectivity index (χ2n) is 5.31. The van der Waals surface area contributed by atoms with Crippen molar-refractivity contribution in [2.24, 2.45) is 0 Å². The first-order valence-corrected chi connectivity index (χ1v) is 7.45. The Bertz CT molecular complexity index is 544. The second kappa shape index (κ2) is 7.59. The third-order valence-corrected chi connectivity index (χ3v) is 3.75. The van der Waals surface area contributed by atoms with Crippen LogP contribution in [0.15, 0.2) is 30.3 Å². The van der Waals surface area contributed by atoms with E-state index in [1.165, 1.54) is 4.90 Å². The van der Waals surface area contributed by atoms with Crippen LogP contribution in [0.2, 0.25) is 0 Å². The summed E-state index contributed by atoms with van der Waals surface area (Å²) in [4.78, 5) is 36.3. The first-order chi connectivity index (χ1) is 10.6. The van der Waals surface area contributed by atoms with Gasteiger partial charge in [-0.05, 0) is 31.4 Å². The third kappa shape index (κ3) is 4.07. The molecule has 1 saturated heterocycles. The summed E-state index contributed by atoms with van der Waals surface area (Å²) >= 11 is 0. The van der Waals surface area contributed by atoms with Gasteiger partial charge in [0.05, 0.1) is 0 Å². The van der Waals surface area contributed by atoms with Gasteiger partial charge < -0.3 is 15.3 Å². The topological polar surface area (TPSA) is 86.7 Å². The number of aliphatic carboxylic acids is 1. The fourth-order valence-electron chi connectivity index (χ4n) is 2.60. The minimum absolute atomic E-state index is 0.154. The number of benzene rings is 1. The van der Waals surface area contributed by atoms with Gasteiger partial charge in [0.2, 0.25) is 5.91 Å². The van der Waals surface area contributed by atoms with Crippen molar-refractivity contribution >= 4 is 17.8 Å². The molecule has 22 heavy (non-hydrogen) atoms. The maximum atomic E-state index is 12.0. The fourth-order valence-corrected chi connectivity index (χ4v) is 2.60. The van der Waals surface area contributed by atoms with Crippen molar-refractivity contribution in [2.75, 3.05) is 13.1 Å². The van der Waals surface area contributed by atoms with Crippen LogP contribution in [-0.4, -0.2) is 46.9 Å². The number of amides is 2. The van der Waals surface area contributed by atoms with Gasteiger partial charge in [-0.15, -0.1) is 0 Å². The number of hydrogen-bond donors (Lipinski definition) is 2. The molecule has 1 atom stereocenters. The van der Waals surface area contributed by atoms with Gasteiger partial charge in [0, 0.05) is 25.1 Å². The normalized spacial score (nSPS) is 17.3.